The standard InChI is InChI=1S/C30H33NO4/c1-22(2)31(20-23-17-27(33-3)19-28(18-23)34-4)21-26-15-16-29(35-26)30(32,24-11-7-5-8-12-24)25-13-9-6-10-14-25/h5-19,22,32H,20-21H2,1-4H3. The first-order valence-electron chi connectivity index (χ1n) is 11.8. The van der Waals surface area contributed by atoms with Crippen LogP contribution in [0.3, 0.4) is 0 Å². The van der Waals surface area contributed by atoms with Crippen LogP contribution in [0.2, 0.25) is 0 Å². The number of furan rings is 1. The summed E-state index contributed by atoms with van der Waals surface area (Å²) >= 11 is 0. The molecule has 0 amide bonds. The van der Waals surface area contributed by atoms with E-state index in [4.69, 9.17) is 13.9 Å². The zero-order valence-corrected chi connectivity index (χ0v) is 20.8. The molecule has 0 saturated carbocycles. The molecule has 0 radical (unpaired) electrons. The highest BCUT2D eigenvalue weighted by molar-refractivity contribution is 5.44. The van der Waals surface area contributed by atoms with Gasteiger partial charge in [-0.3, -0.25) is 4.90 Å². The van der Waals surface area contributed by atoms with Gasteiger partial charge < -0.3 is 19.0 Å². The molecule has 1 heterocycles. The molecule has 0 spiro atoms. The van der Waals surface area contributed by atoms with Gasteiger partial charge >= 0.3 is 0 Å². The lowest BCUT2D eigenvalue weighted by atomic mass is 9.84. The maximum absolute atomic E-state index is 12.0. The number of aliphatic hydroxyl groups is 1. The van der Waals surface area contributed by atoms with Gasteiger partial charge in [-0.05, 0) is 54.8 Å². The molecule has 0 fully saturated rings. The second-order valence-corrected chi connectivity index (χ2v) is 8.93. The summed E-state index contributed by atoms with van der Waals surface area (Å²) in [7, 11) is 3.31. The number of hydrogen-bond donors (Lipinski definition) is 1. The van der Waals surface area contributed by atoms with E-state index in [1.807, 2.05) is 91.0 Å². The lowest BCUT2D eigenvalue weighted by molar-refractivity contribution is 0.0940. The third kappa shape index (κ3) is 5.42. The Morgan fingerprint density at radius 2 is 1.31 bits per heavy atom. The summed E-state index contributed by atoms with van der Waals surface area (Å²) in [6.07, 6.45) is 0. The highest BCUT2D eigenvalue weighted by Crippen LogP contribution is 2.37. The molecule has 3 aromatic carbocycles. The maximum Gasteiger partial charge on any atom is 0.173 e. The average Bonchev–Trinajstić information content (AvgIpc) is 3.37. The van der Waals surface area contributed by atoms with Gasteiger partial charge in [-0.25, -0.2) is 0 Å². The van der Waals surface area contributed by atoms with Gasteiger partial charge in [0.25, 0.3) is 0 Å². The Kier molecular flexibility index (Phi) is 7.59. The number of ether oxygens (including phenoxy) is 2. The van der Waals surface area contributed by atoms with Crippen molar-refractivity contribution in [2.45, 2.75) is 38.6 Å². The minimum atomic E-state index is -1.39. The van der Waals surface area contributed by atoms with Crippen LogP contribution in [-0.4, -0.2) is 30.3 Å². The van der Waals surface area contributed by atoms with Gasteiger partial charge in [0.1, 0.15) is 23.0 Å². The van der Waals surface area contributed by atoms with E-state index in [1.165, 1.54) is 0 Å². The van der Waals surface area contributed by atoms with Crippen LogP contribution in [0.1, 0.15) is 42.1 Å². The SMILES string of the molecule is COc1cc(CN(Cc2ccc(C(O)(c3ccccc3)c3ccccc3)o2)C(C)C)cc(OC)c1. The summed E-state index contributed by atoms with van der Waals surface area (Å²) in [4.78, 5) is 2.31. The van der Waals surface area contributed by atoms with E-state index < -0.39 is 5.60 Å². The van der Waals surface area contributed by atoms with Gasteiger partial charge in [0.05, 0.1) is 20.8 Å². The largest absolute Gasteiger partial charge is 0.497 e. The first kappa shape index (κ1) is 24.6. The van der Waals surface area contributed by atoms with Crippen LogP contribution in [0, 0.1) is 0 Å². The fourth-order valence-corrected chi connectivity index (χ4v) is 4.28. The predicted octanol–water partition coefficient (Wildman–Crippen LogP) is 5.99. The molecular weight excluding hydrogens is 438 g/mol. The number of rotatable bonds is 10. The van der Waals surface area contributed by atoms with E-state index in [1.54, 1.807) is 14.2 Å². The molecule has 182 valence electrons. The van der Waals surface area contributed by atoms with E-state index in [-0.39, 0.29) is 6.04 Å². The van der Waals surface area contributed by atoms with Crippen molar-refractivity contribution >= 4 is 0 Å². The van der Waals surface area contributed by atoms with Crippen molar-refractivity contribution in [2.75, 3.05) is 14.2 Å². The van der Waals surface area contributed by atoms with Crippen LogP contribution >= 0.6 is 0 Å². The van der Waals surface area contributed by atoms with E-state index in [0.29, 0.717) is 18.8 Å². The molecule has 0 unspecified atom stereocenters. The smallest absolute Gasteiger partial charge is 0.173 e. The van der Waals surface area contributed by atoms with Crippen molar-refractivity contribution < 1.29 is 19.0 Å². The molecule has 0 aliphatic carbocycles. The second-order valence-electron chi connectivity index (χ2n) is 8.93. The molecule has 1 aromatic heterocycles. The van der Waals surface area contributed by atoms with E-state index in [9.17, 15) is 5.11 Å². The predicted molar refractivity (Wildman–Crippen MR) is 138 cm³/mol. The summed E-state index contributed by atoms with van der Waals surface area (Å²) < 4.78 is 17.2. The minimum Gasteiger partial charge on any atom is -0.497 e. The van der Waals surface area contributed by atoms with Crippen LogP contribution in [0.5, 0.6) is 11.5 Å². The topological polar surface area (TPSA) is 55.1 Å². The molecule has 0 atom stereocenters. The Bertz CT molecular complexity index is 1160. The van der Waals surface area contributed by atoms with Crippen LogP contribution in [0.4, 0.5) is 0 Å². The summed E-state index contributed by atoms with van der Waals surface area (Å²) in [6.45, 7) is 5.61. The molecule has 1 N–H and O–H groups in total. The summed E-state index contributed by atoms with van der Waals surface area (Å²) in [5.41, 5.74) is 1.23. The van der Waals surface area contributed by atoms with Gasteiger partial charge in [0, 0.05) is 18.7 Å². The molecule has 0 bridgehead atoms. The Morgan fingerprint density at radius 1 is 0.771 bits per heavy atom. The first-order valence-corrected chi connectivity index (χ1v) is 11.8. The van der Waals surface area contributed by atoms with Gasteiger partial charge in [0.15, 0.2) is 5.60 Å². The Morgan fingerprint density at radius 3 is 1.80 bits per heavy atom. The van der Waals surface area contributed by atoms with Crippen LogP contribution in [0.25, 0.3) is 0 Å². The van der Waals surface area contributed by atoms with Crippen LogP contribution < -0.4 is 9.47 Å². The van der Waals surface area contributed by atoms with E-state index >= 15 is 0 Å². The summed E-state index contributed by atoms with van der Waals surface area (Å²) in [5, 5.41) is 12.0. The summed E-state index contributed by atoms with van der Waals surface area (Å²) in [5.74, 6) is 2.81. The highest BCUT2D eigenvalue weighted by Gasteiger charge is 2.37. The van der Waals surface area contributed by atoms with Crippen molar-refractivity contribution in [2.24, 2.45) is 0 Å². The van der Waals surface area contributed by atoms with Crippen LogP contribution in [0.15, 0.2) is 95.4 Å². The lowest BCUT2D eigenvalue weighted by Gasteiger charge is -2.28. The second kappa shape index (κ2) is 10.8. The molecule has 4 rings (SSSR count). The van der Waals surface area contributed by atoms with Gasteiger partial charge in [-0.2, -0.15) is 0 Å². The first-order chi connectivity index (χ1) is 16.9. The van der Waals surface area contributed by atoms with Crippen molar-refractivity contribution in [1.29, 1.82) is 0 Å². The third-order valence-corrected chi connectivity index (χ3v) is 6.29. The fraction of sp³-hybridized carbons (Fsp3) is 0.267. The van der Waals surface area contributed by atoms with Gasteiger partial charge in [-0.1, -0.05) is 60.7 Å². The molecule has 35 heavy (non-hydrogen) atoms. The number of methoxy groups -OCH3 is 2. The molecule has 4 aromatic rings. The molecular formula is C30H33NO4. The van der Waals surface area contributed by atoms with Crippen molar-refractivity contribution in [1.82, 2.24) is 4.90 Å². The highest BCUT2D eigenvalue weighted by atomic mass is 16.5. The van der Waals surface area contributed by atoms with Crippen molar-refractivity contribution in [3.05, 3.63) is 119 Å². The molecule has 5 nitrogen and oxygen atoms in total. The molecule has 0 aliphatic heterocycles. The zero-order chi connectivity index (χ0) is 24.8. The zero-order valence-electron chi connectivity index (χ0n) is 20.8. The van der Waals surface area contributed by atoms with Crippen molar-refractivity contribution in [3.63, 3.8) is 0 Å². The quantitative estimate of drug-likeness (QED) is 0.308. The average molecular weight is 472 g/mol. The minimum absolute atomic E-state index is 0.267. The Hall–Kier alpha value is -3.54. The Labute approximate surface area is 207 Å². The molecule has 5 heteroatoms. The number of benzene rings is 3. The van der Waals surface area contributed by atoms with E-state index in [0.717, 1.165) is 33.9 Å². The van der Waals surface area contributed by atoms with Crippen LogP contribution in [-0.2, 0) is 18.7 Å². The monoisotopic (exact) mass is 471 g/mol. The fourth-order valence-electron chi connectivity index (χ4n) is 4.28. The molecule has 0 aliphatic rings. The third-order valence-electron chi connectivity index (χ3n) is 6.29. The maximum atomic E-state index is 12.0. The van der Waals surface area contributed by atoms with Gasteiger partial charge in [0.2, 0.25) is 0 Å². The van der Waals surface area contributed by atoms with Crippen molar-refractivity contribution in [3.8, 4) is 11.5 Å². The Balaban J connectivity index is 1.63. The molecule has 0 saturated heterocycles. The number of nitrogens with zero attached hydrogens (tertiary/aromatic N) is 1. The van der Waals surface area contributed by atoms with E-state index in [2.05, 4.69) is 18.7 Å². The summed E-state index contributed by atoms with van der Waals surface area (Å²) in [6, 6.07) is 29.3. The number of hydrogen-bond acceptors (Lipinski definition) is 5. The normalized spacial score (nSPS) is 11.7. The van der Waals surface area contributed by atoms with Gasteiger partial charge in [-0.15, -0.1) is 0 Å². The lowest BCUT2D eigenvalue weighted by Crippen LogP contribution is -2.30.